The molecule has 1 atom stereocenters. The van der Waals surface area contributed by atoms with Gasteiger partial charge in [0.05, 0.1) is 13.2 Å². The third-order valence-corrected chi connectivity index (χ3v) is 1.77. The molecule has 0 saturated heterocycles. The summed E-state index contributed by atoms with van der Waals surface area (Å²) >= 11 is 0. The van der Waals surface area contributed by atoms with Crippen LogP contribution >= 0.6 is 0 Å². The molecule has 0 spiro atoms. The number of benzene rings is 1. The fourth-order valence-electron chi connectivity index (χ4n) is 1.20. The Morgan fingerprint density at radius 3 is 2.62 bits per heavy atom. The maximum absolute atomic E-state index is 9.40. The Morgan fingerprint density at radius 1 is 1.46 bits per heavy atom. The van der Waals surface area contributed by atoms with Crippen LogP contribution in [0.15, 0.2) is 18.2 Å². The van der Waals surface area contributed by atoms with E-state index in [4.69, 9.17) is 9.84 Å². The molecule has 0 radical (unpaired) electrons. The molecule has 0 saturated carbocycles. The second-order valence-corrected chi connectivity index (χ2v) is 3.06. The predicted molar refractivity (Wildman–Crippen MR) is 50.0 cm³/mol. The van der Waals surface area contributed by atoms with Crippen molar-refractivity contribution in [3.8, 4) is 11.5 Å². The second kappa shape index (κ2) is 4.14. The van der Waals surface area contributed by atoms with E-state index < -0.39 is 6.10 Å². The number of aliphatic hydroxyl groups is 1. The SMILES string of the molecule is COc1ccc(C[C@H](C)O)cc1O. The van der Waals surface area contributed by atoms with E-state index in [1.165, 1.54) is 7.11 Å². The molecule has 1 aromatic rings. The van der Waals surface area contributed by atoms with Gasteiger partial charge in [-0.1, -0.05) is 6.07 Å². The molecule has 0 bridgehead atoms. The Bertz CT molecular complexity index is 281. The highest BCUT2D eigenvalue weighted by molar-refractivity contribution is 5.41. The third-order valence-electron chi connectivity index (χ3n) is 1.77. The van der Waals surface area contributed by atoms with Crippen molar-refractivity contribution in [2.75, 3.05) is 7.11 Å². The first-order valence-corrected chi connectivity index (χ1v) is 4.17. The highest BCUT2D eigenvalue weighted by Gasteiger charge is 2.04. The topological polar surface area (TPSA) is 49.7 Å². The molecule has 1 aromatic carbocycles. The second-order valence-electron chi connectivity index (χ2n) is 3.06. The molecule has 0 unspecified atom stereocenters. The molecular weight excluding hydrogens is 168 g/mol. The molecule has 3 heteroatoms. The molecule has 0 aliphatic carbocycles. The number of hydrogen-bond donors (Lipinski definition) is 2. The standard InChI is InChI=1S/C10H14O3/c1-7(11)5-8-3-4-10(13-2)9(12)6-8/h3-4,6-7,11-12H,5H2,1-2H3/t7-/m0/s1. The molecule has 0 heterocycles. The zero-order valence-electron chi connectivity index (χ0n) is 7.82. The minimum absolute atomic E-state index is 0.112. The van der Waals surface area contributed by atoms with Crippen molar-refractivity contribution in [3.63, 3.8) is 0 Å². The highest BCUT2D eigenvalue weighted by Crippen LogP contribution is 2.26. The van der Waals surface area contributed by atoms with Gasteiger partial charge in [-0.3, -0.25) is 0 Å². The van der Waals surface area contributed by atoms with Crippen LogP contribution in [-0.4, -0.2) is 23.4 Å². The van der Waals surface area contributed by atoms with E-state index in [-0.39, 0.29) is 5.75 Å². The van der Waals surface area contributed by atoms with Crippen molar-refractivity contribution in [2.45, 2.75) is 19.4 Å². The normalized spacial score (nSPS) is 12.5. The van der Waals surface area contributed by atoms with Crippen LogP contribution in [0.3, 0.4) is 0 Å². The number of hydrogen-bond acceptors (Lipinski definition) is 3. The van der Waals surface area contributed by atoms with Crippen molar-refractivity contribution < 1.29 is 14.9 Å². The van der Waals surface area contributed by atoms with E-state index in [1.54, 1.807) is 19.1 Å². The van der Waals surface area contributed by atoms with Gasteiger partial charge in [0.15, 0.2) is 11.5 Å². The molecule has 72 valence electrons. The summed E-state index contributed by atoms with van der Waals surface area (Å²) in [5.74, 6) is 0.565. The summed E-state index contributed by atoms with van der Waals surface area (Å²) in [6, 6.07) is 5.11. The summed E-state index contributed by atoms with van der Waals surface area (Å²) in [4.78, 5) is 0. The fraction of sp³-hybridized carbons (Fsp3) is 0.400. The zero-order chi connectivity index (χ0) is 9.84. The molecule has 0 aliphatic heterocycles. The van der Waals surface area contributed by atoms with Gasteiger partial charge in [-0.2, -0.15) is 0 Å². The Balaban J connectivity index is 2.83. The summed E-state index contributed by atoms with van der Waals surface area (Å²) in [6.07, 6.45) is 0.144. The van der Waals surface area contributed by atoms with Crippen molar-refractivity contribution in [1.82, 2.24) is 0 Å². The highest BCUT2D eigenvalue weighted by atomic mass is 16.5. The van der Waals surface area contributed by atoms with Gasteiger partial charge in [0, 0.05) is 0 Å². The van der Waals surface area contributed by atoms with Crippen LogP contribution < -0.4 is 4.74 Å². The quantitative estimate of drug-likeness (QED) is 0.741. The predicted octanol–water partition coefficient (Wildman–Crippen LogP) is 1.32. The molecule has 0 fully saturated rings. The van der Waals surface area contributed by atoms with E-state index >= 15 is 0 Å². The van der Waals surface area contributed by atoms with Gasteiger partial charge in [-0.05, 0) is 31.0 Å². The Kier molecular flexibility index (Phi) is 3.14. The molecular formula is C10H14O3. The largest absolute Gasteiger partial charge is 0.504 e. The van der Waals surface area contributed by atoms with Crippen LogP contribution in [0.25, 0.3) is 0 Å². The number of phenols is 1. The molecule has 3 nitrogen and oxygen atoms in total. The van der Waals surface area contributed by atoms with Crippen LogP contribution in [0, 0.1) is 0 Å². The Morgan fingerprint density at radius 2 is 2.15 bits per heavy atom. The minimum Gasteiger partial charge on any atom is -0.504 e. The van der Waals surface area contributed by atoms with E-state index in [0.29, 0.717) is 12.2 Å². The number of phenolic OH excluding ortho intramolecular Hbond substituents is 1. The summed E-state index contributed by atoms with van der Waals surface area (Å²) in [6.45, 7) is 1.71. The number of aliphatic hydroxyl groups excluding tert-OH is 1. The summed E-state index contributed by atoms with van der Waals surface area (Å²) < 4.78 is 4.89. The first-order chi connectivity index (χ1) is 6.13. The number of rotatable bonds is 3. The van der Waals surface area contributed by atoms with Gasteiger partial charge in [0.2, 0.25) is 0 Å². The fourth-order valence-corrected chi connectivity index (χ4v) is 1.20. The monoisotopic (exact) mass is 182 g/mol. The van der Waals surface area contributed by atoms with E-state index in [9.17, 15) is 5.11 Å². The first-order valence-electron chi connectivity index (χ1n) is 4.17. The third kappa shape index (κ3) is 2.63. The lowest BCUT2D eigenvalue weighted by Gasteiger charge is -2.07. The molecule has 2 N–H and O–H groups in total. The Labute approximate surface area is 77.6 Å². The van der Waals surface area contributed by atoms with Gasteiger partial charge in [0.25, 0.3) is 0 Å². The van der Waals surface area contributed by atoms with E-state index in [2.05, 4.69) is 0 Å². The van der Waals surface area contributed by atoms with Crippen LogP contribution in [0.1, 0.15) is 12.5 Å². The molecule has 0 amide bonds. The lowest BCUT2D eigenvalue weighted by atomic mass is 10.1. The lowest BCUT2D eigenvalue weighted by molar-refractivity contribution is 0.195. The summed E-state index contributed by atoms with van der Waals surface area (Å²) in [7, 11) is 1.50. The van der Waals surface area contributed by atoms with Crippen LogP contribution in [-0.2, 0) is 6.42 Å². The maximum atomic E-state index is 9.40. The first kappa shape index (κ1) is 9.86. The lowest BCUT2D eigenvalue weighted by Crippen LogP contribution is -2.03. The smallest absolute Gasteiger partial charge is 0.160 e. The van der Waals surface area contributed by atoms with Crippen molar-refractivity contribution in [3.05, 3.63) is 23.8 Å². The van der Waals surface area contributed by atoms with Gasteiger partial charge in [-0.25, -0.2) is 0 Å². The minimum atomic E-state index is -0.396. The molecule has 0 aliphatic rings. The van der Waals surface area contributed by atoms with E-state index in [0.717, 1.165) is 5.56 Å². The van der Waals surface area contributed by atoms with Gasteiger partial charge in [-0.15, -0.1) is 0 Å². The van der Waals surface area contributed by atoms with Crippen LogP contribution in [0.2, 0.25) is 0 Å². The van der Waals surface area contributed by atoms with Crippen molar-refractivity contribution in [1.29, 1.82) is 0 Å². The molecule has 1 rings (SSSR count). The van der Waals surface area contributed by atoms with Crippen molar-refractivity contribution >= 4 is 0 Å². The average Bonchev–Trinajstić information content (AvgIpc) is 2.03. The maximum Gasteiger partial charge on any atom is 0.160 e. The van der Waals surface area contributed by atoms with Gasteiger partial charge >= 0.3 is 0 Å². The van der Waals surface area contributed by atoms with Gasteiger partial charge < -0.3 is 14.9 Å². The molecule has 0 aromatic heterocycles. The zero-order valence-corrected chi connectivity index (χ0v) is 7.82. The van der Waals surface area contributed by atoms with Crippen LogP contribution in [0.5, 0.6) is 11.5 Å². The number of methoxy groups -OCH3 is 1. The number of ether oxygens (including phenoxy) is 1. The van der Waals surface area contributed by atoms with Crippen LogP contribution in [0.4, 0.5) is 0 Å². The summed E-state index contributed by atoms with van der Waals surface area (Å²) in [5.41, 5.74) is 0.897. The van der Waals surface area contributed by atoms with Gasteiger partial charge in [0.1, 0.15) is 0 Å². The number of aromatic hydroxyl groups is 1. The summed E-state index contributed by atoms with van der Waals surface area (Å²) in [5, 5.41) is 18.5. The van der Waals surface area contributed by atoms with E-state index in [1.807, 2.05) is 6.07 Å². The average molecular weight is 182 g/mol. The van der Waals surface area contributed by atoms with Crippen molar-refractivity contribution in [2.24, 2.45) is 0 Å². The Hall–Kier alpha value is -1.22. The molecule has 13 heavy (non-hydrogen) atoms.